The molecular weight excluding hydrogens is 236 g/mol. The van der Waals surface area contributed by atoms with Crippen molar-refractivity contribution < 1.29 is 4.42 Å². The van der Waals surface area contributed by atoms with Gasteiger partial charge < -0.3 is 4.42 Å². The van der Waals surface area contributed by atoms with Crippen molar-refractivity contribution in [3.8, 4) is 0 Å². The van der Waals surface area contributed by atoms with Crippen LogP contribution in [0.1, 0.15) is 16.9 Å². The average Bonchev–Trinajstić information content (AvgIpc) is 2.27. The topological polar surface area (TPSA) is 30.2 Å². The summed E-state index contributed by atoms with van der Waals surface area (Å²) < 4.78 is 5.04. The summed E-state index contributed by atoms with van der Waals surface area (Å²) in [6.45, 7) is 1.86. The van der Waals surface area contributed by atoms with Crippen LogP contribution in [0.2, 0.25) is 5.02 Å². The van der Waals surface area contributed by atoms with Gasteiger partial charge in [-0.25, -0.2) is 4.79 Å². The Labute approximate surface area is 104 Å². The molecule has 0 bridgehead atoms. The number of hydrogen-bond donors (Lipinski definition) is 0. The Hall–Kier alpha value is -1.80. The molecule has 0 saturated heterocycles. The highest BCUT2D eigenvalue weighted by Crippen LogP contribution is 2.12. The van der Waals surface area contributed by atoms with Gasteiger partial charge in [-0.15, -0.1) is 0 Å². The van der Waals surface area contributed by atoms with Crippen molar-refractivity contribution in [2.24, 2.45) is 0 Å². The van der Waals surface area contributed by atoms with Crippen LogP contribution in [0, 0.1) is 6.92 Å². The van der Waals surface area contributed by atoms with E-state index in [2.05, 4.69) is 0 Å². The molecule has 0 saturated carbocycles. The molecule has 0 unspecified atom stereocenters. The summed E-state index contributed by atoms with van der Waals surface area (Å²) in [6, 6.07) is 10.7. The molecule has 0 aliphatic rings. The lowest BCUT2D eigenvalue weighted by Gasteiger charge is -1.95. The summed E-state index contributed by atoms with van der Waals surface area (Å²) in [5.74, 6) is 0.546. The van der Waals surface area contributed by atoms with Gasteiger partial charge in [0.25, 0.3) is 0 Å². The second kappa shape index (κ2) is 5.02. The zero-order valence-corrected chi connectivity index (χ0v) is 10.1. The van der Waals surface area contributed by atoms with Crippen LogP contribution in [-0.2, 0) is 0 Å². The standard InChI is InChI=1S/C14H11ClO2/c1-10-8-13(17-14(16)9-10)7-4-11-2-5-12(15)6-3-11/h2-9H,1H3. The van der Waals surface area contributed by atoms with Crippen LogP contribution in [0.25, 0.3) is 12.2 Å². The van der Waals surface area contributed by atoms with Crippen LogP contribution in [0.15, 0.2) is 45.6 Å². The third-order valence-corrected chi connectivity index (χ3v) is 2.50. The minimum atomic E-state index is -0.333. The van der Waals surface area contributed by atoms with Gasteiger partial charge in [-0.1, -0.05) is 29.8 Å². The lowest BCUT2D eigenvalue weighted by molar-refractivity contribution is 0.500. The highest BCUT2D eigenvalue weighted by molar-refractivity contribution is 6.30. The zero-order valence-electron chi connectivity index (χ0n) is 9.31. The normalized spacial score (nSPS) is 10.9. The van der Waals surface area contributed by atoms with Gasteiger partial charge in [0.05, 0.1) is 0 Å². The van der Waals surface area contributed by atoms with Gasteiger partial charge in [0.1, 0.15) is 5.76 Å². The predicted octanol–water partition coefficient (Wildman–Crippen LogP) is 3.77. The lowest BCUT2D eigenvalue weighted by Crippen LogP contribution is -1.97. The molecule has 2 nitrogen and oxygen atoms in total. The minimum Gasteiger partial charge on any atom is -0.423 e. The van der Waals surface area contributed by atoms with E-state index in [0.29, 0.717) is 10.8 Å². The van der Waals surface area contributed by atoms with Crippen molar-refractivity contribution >= 4 is 23.8 Å². The quantitative estimate of drug-likeness (QED) is 0.807. The largest absolute Gasteiger partial charge is 0.423 e. The van der Waals surface area contributed by atoms with E-state index in [1.54, 1.807) is 6.08 Å². The van der Waals surface area contributed by atoms with Crippen molar-refractivity contribution in [2.75, 3.05) is 0 Å². The summed E-state index contributed by atoms with van der Waals surface area (Å²) in [5.41, 5.74) is 1.55. The van der Waals surface area contributed by atoms with E-state index in [1.165, 1.54) is 6.07 Å². The highest BCUT2D eigenvalue weighted by Gasteiger charge is 1.95. The monoisotopic (exact) mass is 246 g/mol. The number of halogens is 1. The Kier molecular flexibility index (Phi) is 3.45. The maximum atomic E-state index is 11.1. The second-order valence-corrected chi connectivity index (χ2v) is 4.18. The van der Waals surface area contributed by atoms with Crippen LogP contribution < -0.4 is 5.63 Å². The predicted molar refractivity (Wildman–Crippen MR) is 70.1 cm³/mol. The molecule has 1 heterocycles. The van der Waals surface area contributed by atoms with Crippen LogP contribution in [0.4, 0.5) is 0 Å². The molecule has 0 aliphatic heterocycles. The Balaban J connectivity index is 2.25. The summed E-state index contributed by atoms with van der Waals surface area (Å²) >= 11 is 5.79. The Morgan fingerprint density at radius 3 is 2.47 bits per heavy atom. The Morgan fingerprint density at radius 1 is 1.12 bits per heavy atom. The molecule has 0 radical (unpaired) electrons. The number of aryl methyl sites for hydroxylation is 1. The molecule has 86 valence electrons. The van der Waals surface area contributed by atoms with Gasteiger partial charge in [-0.2, -0.15) is 0 Å². The summed E-state index contributed by atoms with van der Waals surface area (Å²) in [6.07, 6.45) is 3.63. The fourth-order valence-corrected chi connectivity index (χ4v) is 1.59. The van der Waals surface area contributed by atoms with E-state index in [1.807, 2.05) is 43.3 Å². The molecule has 1 aromatic heterocycles. The van der Waals surface area contributed by atoms with E-state index in [9.17, 15) is 4.79 Å². The number of rotatable bonds is 2. The molecule has 0 N–H and O–H groups in total. The maximum absolute atomic E-state index is 11.1. The zero-order chi connectivity index (χ0) is 12.3. The lowest BCUT2D eigenvalue weighted by atomic mass is 10.2. The van der Waals surface area contributed by atoms with E-state index in [-0.39, 0.29) is 5.63 Å². The van der Waals surface area contributed by atoms with Crippen molar-refractivity contribution in [2.45, 2.75) is 6.92 Å². The first-order chi connectivity index (χ1) is 8.13. The number of benzene rings is 1. The highest BCUT2D eigenvalue weighted by atomic mass is 35.5. The molecule has 0 amide bonds. The van der Waals surface area contributed by atoms with Crippen LogP contribution in [0.3, 0.4) is 0 Å². The maximum Gasteiger partial charge on any atom is 0.336 e. The molecule has 2 rings (SSSR count). The first kappa shape index (κ1) is 11.7. The first-order valence-corrected chi connectivity index (χ1v) is 5.57. The van der Waals surface area contributed by atoms with Gasteiger partial charge in [0.2, 0.25) is 0 Å². The molecule has 0 aliphatic carbocycles. The molecule has 2 aromatic rings. The third-order valence-electron chi connectivity index (χ3n) is 2.24. The van der Waals surface area contributed by atoms with Gasteiger partial charge >= 0.3 is 5.63 Å². The van der Waals surface area contributed by atoms with E-state index in [4.69, 9.17) is 16.0 Å². The van der Waals surface area contributed by atoms with Crippen LogP contribution in [0.5, 0.6) is 0 Å². The fraction of sp³-hybridized carbons (Fsp3) is 0.0714. The summed E-state index contributed by atoms with van der Waals surface area (Å²) in [5, 5.41) is 0.698. The van der Waals surface area contributed by atoms with Gasteiger partial charge in [0, 0.05) is 11.1 Å². The smallest absolute Gasteiger partial charge is 0.336 e. The molecule has 17 heavy (non-hydrogen) atoms. The minimum absolute atomic E-state index is 0.333. The molecule has 1 aromatic carbocycles. The number of hydrogen-bond acceptors (Lipinski definition) is 2. The van der Waals surface area contributed by atoms with Crippen molar-refractivity contribution in [1.82, 2.24) is 0 Å². The molecule has 3 heteroatoms. The van der Waals surface area contributed by atoms with Gasteiger partial charge in [-0.3, -0.25) is 0 Å². The van der Waals surface area contributed by atoms with E-state index >= 15 is 0 Å². The average molecular weight is 247 g/mol. The van der Waals surface area contributed by atoms with Gasteiger partial charge in [-0.05, 0) is 42.3 Å². The van der Waals surface area contributed by atoms with Crippen molar-refractivity contribution in [3.05, 3.63) is 68.7 Å². The molecular formula is C14H11ClO2. The summed E-state index contributed by atoms with van der Waals surface area (Å²) in [7, 11) is 0. The molecule has 0 atom stereocenters. The van der Waals surface area contributed by atoms with Crippen molar-refractivity contribution in [3.63, 3.8) is 0 Å². The van der Waals surface area contributed by atoms with Crippen LogP contribution in [-0.4, -0.2) is 0 Å². The first-order valence-electron chi connectivity index (χ1n) is 5.19. The van der Waals surface area contributed by atoms with Gasteiger partial charge in [0.15, 0.2) is 0 Å². The Morgan fingerprint density at radius 2 is 1.82 bits per heavy atom. The van der Waals surface area contributed by atoms with Crippen molar-refractivity contribution in [1.29, 1.82) is 0 Å². The fourth-order valence-electron chi connectivity index (χ4n) is 1.46. The molecule has 0 spiro atoms. The van der Waals surface area contributed by atoms with E-state index < -0.39 is 0 Å². The second-order valence-electron chi connectivity index (χ2n) is 3.74. The third kappa shape index (κ3) is 3.33. The SMILES string of the molecule is Cc1cc(C=Cc2ccc(Cl)cc2)oc(=O)c1. The van der Waals surface area contributed by atoms with E-state index in [0.717, 1.165) is 11.1 Å². The Bertz CT molecular complexity index is 594. The van der Waals surface area contributed by atoms with Crippen LogP contribution >= 0.6 is 11.6 Å². The summed E-state index contributed by atoms with van der Waals surface area (Å²) in [4.78, 5) is 11.1. The molecule has 0 fully saturated rings.